The molecule has 0 radical (unpaired) electrons. The van der Waals surface area contributed by atoms with Crippen molar-refractivity contribution in [2.75, 3.05) is 6.61 Å². The molecule has 128 valence electrons. The average molecular weight is 331 g/mol. The Morgan fingerprint density at radius 3 is 2.67 bits per heavy atom. The molecule has 1 aromatic carbocycles. The maximum absolute atomic E-state index is 12.9. The van der Waals surface area contributed by atoms with Gasteiger partial charge in [0.1, 0.15) is 12.1 Å². The minimum Gasteiger partial charge on any atom is -0.481 e. The second kappa shape index (κ2) is 7.29. The first-order valence-electron chi connectivity index (χ1n) is 7.79. The van der Waals surface area contributed by atoms with Gasteiger partial charge in [-0.25, -0.2) is 9.69 Å². The van der Waals surface area contributed by atoms with Crippen molar-refractivity contribution in [3.05, 3.63) is 48.6 Å². The second-order valence-electron chi connectivity index (χ2n) is 6.03. The third-order valence-electron chi connectivity index (χ3n) is 4.26. The van der Waals surface area contributed by atoms with Gasteiger partial charge in [0.05, 0.1) is 6.42 Å². The predicted molar refractivity (Wildman–Crippen MR) is 87.2 cm³/mol. The molecule has 0 saturated carbocycles. The van der Waals surface area contributed by atoms with Crippen LogP contribution >= 0.6 is 0 Å². The number of amides is 2. The van der Waals surface area contributed by atoms with Gasteiger partial charge in [0, 0.05) is 5.92 Å². The Morgan fingerprint density at radius 2 is 2.08 bits per heavy atom. The number of hydrogen-bond acceptors (Lipinski definition) is 4. The van der Waals surface area contributed by atoms with Gasteiger partial charge in [-0.15, -0.1) is 6.58 Å². The van der Waals surface area contributed by atoms with Crippen molar-refractivity contribution in [3.63, 3.8) is 0 Å². The zero-order valence-electron chi connectivity index (χ0n) is 13.6. The summed E-state index contributed by atoms with van der Waals surface area (Å²) in [5.41, 5.74) is -0.178. The zero-order chi connectivity index (χ0) is 17.7. The van der Waals surface area contributed by atoms with Crippen molar-refractivity contribution in [1.82, 2.24) is 4.90 Å². The smallest absolute Gasteiger partial charge is 0.417 e. The van der Waals surface area contributed by atoms with Crippen molar-refractivity contribution in [3.8, 4) is 0 Å². The number of carboxylic acid groups (broad SMARTS) is 1. The van der Waals surface area contributed by atoms with Crippen LogP contribution in [0.5, 0.6) is 0 Å². The van der Waals surface area contributed by atoms with Gasteiger partial charge < -0.3 is 9.84 Å². The van der Waals surface area contributed by atoms with Crippen molar-refractivity contribution < 1.29 is 24.2 Å². The van der Waals surface area contributed by atoms with Crippen molar-refractivity contribution in [2.45, 2.75) is 31.7 Å². The van der Waals surface area contributed by atoms with E-state index in [9.17, 15) is 14.4 Å². The first kappa shape index (κ1) is 17.7. The number of carboxylic acids is 1. The molecular formula is C18H21NO5. The van der Waals surface area contributed by atoms with E-state index < -0.39 is 29.4 Å². The Bertz CT molecular complexity index is 642. The van der Waals surface area contributed by atoms with E-state index in [1.54, 1.807) is 13.0 Å². The fourth-order valence-electron chi connectivity index (χ4n) is 2.90. The van der Waals surface area contributed by atoms with Crippen LogP contribution in [0.3, 0.4) is 0 Å². The molecule has 2 rings (SSSR count). The number of imide groups is 1. The highest BCUT2D eigenvalue weighted by Gasteiger charge is 2.50. The summed E-state index contributed by atoms with van der Waals surface area (Å²) >= 11 is 0. The van der Waals surface area contributed by atoms with Crippen molar-refractivity contribution in [2.24, 2.45) is 5.92 Å². The Morgan fingerprint density at radius 1 is 1.42 bits per heavy atom. The summed E-state index contributed by atoms with van der Waals surface area (Å²) in [5, 5.41) is 9.08. The van der Waals surface area contributed by atoms with E-state index in [1.807, 2.05) is 30.3 Å². The van der Waals surface area contributed by atoms with E-state index in [0.29, 0.717) is 12.8 Å². The molecule has 24 heavy (non-hydrogen) atoms. The molecule has 2 amide bonds. The summed E-state index contributed by atoms with van der Waals surface area (Å²) in [7, 11) is 0. The topological polar surface area (TPSA) is 83.9 Å². The number of benzene rings is 1. The summed E-state index contributed by atoms with van der Waals surface area (Å²) in [4.78, 5) is 37.3. The normalized spacial score (nSPS) is 21.2. The van der Waals surface area contributed by atoms with E-state index >= 15 is 0 Å². The molecule has 1 unspecified atom stereocenters. The van der Waals surface area contributed by atoms with Crippen LogP contribution in [0.25, 0.3) is 0 Å². The first-order chi connectivity index (χ1) is 11.4. The highest BCUT2D eigenvalue weighted by molar-refractivity contribution is 5.96. The lowest BCUT2D eigenvalue weighted by Crippen LogP contribution is -2.48. The Hall–Kier alpha value is -2.63. The molecule has 6 heteroatoms. The van der Waals surface area contributed by atoms with Gasteiger partial charge in [-0.2, -0.15) is 0 Å². The summed E-state index contributed by atoms with van der Waals surface area (Å²) in [5.74, 6) is -2.39. The Kier molecular flexibility index (Phi) is 5.39. The number of rotatable bonds is 7. The zero-order valence-corrected chi connectivity index (χ0v) is 13.6. The Labute approximate surface area is 140 Å². The van der Waals surface area contributed by atoms with Gasteiger partial charge in [-0.05, 0) is 25.3 Å². The number of hydrogen-bond donors (Lipinski definition) is 1. The Balaban J connectivity index is 2.34. The number of aliphatic carboxylic acids is 1. The van der Waals surface area contributed by atoms with Gasteiger partial charge in [0.25, 0.3) is 0 Å². The van der Waals surface area contributed by atoms with E-state index in [1.165, 1.54) is 0 Å². The van der Waals surface area contributed by atoms with Crippen LogP contribution in [0.15, 0.2) is 43.0 Å². The van der Waals surface area contributed by atoms with Crippen LogP contribution in [0.2, 0.25) is 0 Å². The fourth-order valence-corrected chi connectivity index (χ4v) is 2.90. The number of ether oxygens (including phenoxy) is 1. The molecule has 0 aliphatic carbocycles. The maximum Gasteiger partial charge on any atom is 0.417 e. The van der Waals surface area contributed by atoms with Crippen LogP contribution < -0.4 is 0 Å². The lowest BCUT2D eigenvalue weighted by atomic mass is 9.89. The van der Waals surface area contributed by atoms with E-state index in [4.69, 9.17) is 9.84 Å². The minimum atomic E-state index is -1.08. The van der Waals surface area contributed by atoms with E-state index in [-0.39, 0.29) is 13.0 Å². The van der Waals surface area contributed by atoms with Gasteiger partial charge in [0.2, 0.25) is 5.91 Å². The van der Waals surface area contributed by atoms with Gasteiger partial charge in [-0.1, -0.05) is 36.4 Å². The van der Waals surface area contributed by atoms with Crippen LogP contribution in [-0.4, -0.2) is 34.6 Å². The SMILES string of the molecule is C=CCCC(CC(=O)O)C(=O)N1C(=O)OC[C@]1(C)c1ccccc1. The molecule has 0 spiro atoms. The summed E-state index contributed by atoms with van der Waals surface area (Å²) in [6.07, 6.45) is 1.38. The molecule has 2 atom stereocenters. The van der Waals surface area contributed by atoms with Crippen LogP contribution in [0.1, 0.15) is 31.7 Å². The number of carbonyl (C=O) groups is 3. The standard InChI is InChI=1S/C18H21NO5/c1-3-4-8-13(11-15(20)21)16(22)19-17(23)24-12-18(19,2)14-9-6-5-7-10-14/h3,5-7,9-10,13H,1,4,8,11-12H2,2H3,(H,20,21)/t13?,18-/m1/s1. The molecule has 6 nitrogen and oxygen atoms in total. The molecule has 1 saturated heterocycles. The molecule has 1 heterocycles. The van der Waals surface area contributed by atoms with Crippen molar-refractivity contribution in [1.29, 1.82) is 0 Å². The second-order valence-corrected chi connectivity index (χ2v) is 6.03. The van der Waals surface area contributed by atoms with Crippen molar-refractivity contribution >= 4 is 18.0 Å². The highest BCUT2D eigenvalue weighted by Crippen LogP contribution is 2.36. The lowest BCUT2D eigenvalue weighted by molar-refractivity contribution is -0.145. The molecule has 1 aliphatic heterocycles. The highest BCUT2D eigenvalue weighted by atomic mass is 16.6. The third-order valence-corrected chi connectivity index (χ3v) is 4.26. The third kappa shape index (κ3) is 3.48. The molecule has 1 N–H and O–H groups in total. The number of allylic oxidation sites excluding steroid dienone is 1. The van der Waals surface area contributed by atoms with Gasteiger partial charge in [-0.3, -0.25) is 9.59 Å². The fraction of sp³-hybridized carbons (Fsp3) is 0.389. The predicted octanol–water partition coefficient (Wildman–Crippen LogP) is 2.94. The van der Waals surface area contributed by atoms with Gasteiger partial charge >= 0.3 is 12.1 Å². The molecule has 0 bridgehead atoms. The summed E-state index contributed by atoms with van der Waals surface area (Å²) in [6, 6.07) is 9.11. The van der Waals surface area contributed by atoms with Crippen LogP contribution in [-0.2, 0) is 19.9 Å². The quantitative estimate of drug-likeness (QED) is 0.777. The number of nitrogens with zero attached hydrogens (tertiary/aromatic N) is 1. The summed E-state index contributed by atoms with van der Waals surface area (Å²) < 4.78 is 5.11. The van der Waals surface area contributed by atoms with Gasteiger partial charge in [0.15, 0.2) is 0 Å². The minimum absolute atomic E-state index is 0.0445. The molecule has 1 aliphatic rings. The maximum atomic E-state index is 12.9. The van der Waals surface area contributed by atoms with E-state index in [2.05, 4.69) is 6.58 Å². The van der Waals surface area contributed by atoms with E-state index in [0.717, 1.165) is 10.5 Å². The lowest BCUT2D eigenvalue weighted by Gasteiger charge is -2.32. The molecule has 1 aromatic rings. The average Bonchev–Trinajstić information content (AvgIpc) is 2.87. The number of cyclic esters (lactones) is 1. The van der Waals surface area contributed by atoms with Crippen LogP contribution in [0, 0.1) is 5.92 Å². The van der Waals surface area contributed by atoms with Crippen LogP contribution in [0.4, 0.5) is 4.79 Å². The first-order valence-corrected chi connectivity index (χ1v) is 7.79. The monoisotopic (exact) mass is 331 g/mol. The molecule has 1 fully saturated rings. The molecule has 0 aromatic heterocycles. The molecular weight excluding hydrogens is 310 g/mol. The summed E-state index contributed by atoms with van der Waals surface area (Å²) in [6.45, 7) is 5.39. The number of carbonyl (C=O) groups excluding carboxylic acids is 2. The largest absolute Gasteiger partial charge is 0.481 e.